The molecule has 2 aliphatic rings. The number of amides is 1. The van der Waals surface area contributed by atoms with Crippen molar-refractivity contribution in [2.45, 2.75) is 51.6 Å². The number of aromatic nitrogens is 1. The Bertz CT molecular complexity index is 835. The van der Waals surface area contributed by atoms with Gasteiger partial charge in [-0.3, -0.25) is 4.79 Å². The Morgan fingerprint density at radius 1 is 1.36 bits per heavy atom. The molecule has 5 heteroatoms. The fraction of sp³-hybridized carbons (Fsp3) is 0.550. The van der Waals surface area contributed by atoms with Crippen LogP contribution in [0, 0.1) is 5.41 Å². The van der Waals surface area contributed by atoms with E-state index in [-0.39, 0.29) is 17.4 Å². The van der Waals surface area contributed by atoms with Gasteiger partial charge in [-0.1, -0.05) is 44.5 Å². The van der Waals surface area contributed by atoms with Gasteiger partial charge >= 0.3 is 0 Å². The van der Waals surface area contributed by atoms with E-state index in [1.54, 1.807) is 0 Å². The molecule has 4 nitrogen and oxygen atoms in total. The van der Waals surface area contributed by atoms with Crippen molar-refractivity contribution in [3.8, 4) is 0 Å². The molecule has 0 saturated carbocycles. The fourth-order valence-electron chi connectivity index (χ4n) is 4.49. The monoisotopic (exact) mass is 359 g/mol. The summed E-state index contributed by atoms with van der Waals surface area (Å²) < 4.78 is 0. The van der Waals surface area contributed by atoms with Gasteiger partial charge in [-0.2, -0.15) is 0 Å². The van der Waals surface area contributed by atoms with Crippen LogP contribution in [0.4, 0.5) is 0 Å². The van der Waals surface area contributed by atoms with Crippen LogP contribution < -0.4 is 5.32 Å². The molecule has 1 aromatic heterocycles. The number of likely N-dealkylation sites (tertiary alicyclic amines) is 1. The number of piperidine rings is 1. The smallest absolute Gasteiger partial charge is 0.225 e. The molecule has 1 aliphatic carbocycles. The number of carbonyl (C=O) groups is 1. The fourth-order valence-corrected chi connectivity index (χ4v) is 4.76. The molecule has 1 fully saturated rings. The molecule has 1 aliphatic heterocycles. The molecule has 2 N–H and O–H groups in total. The number of carbonyl (C=O) groups excluding carboxylic acids is 1. The maximum atomic E-state index is 12.4. The van der Waals surface area contributed by atoms with E-state index in [0.29, 0.717) is 12.0 Å². The number of rotatable bonds is 1. The Labute approximate surface area is 153 Å². The number of halogens is 1. The van der Waals surface area contributed by atoms with E-state index in [2.05, 4.69) is 40.4 Å². The lowest BCUT2D eigenvalue weighted by molar-refractivity contribution is -0.129. The molecule has 0 radical (unpaired) electrons. The van der Waals surface area contributed by atoms with Gasteiger partial charge in [-0.05, 0) is 37.1 Å². The summed E-state index contributed by atoms with van der Waals surface area (Å²) in [5, 5.41) is 5.34. The summed E-state index contributed by atoms with van der Waals surface area (Å²) in [4.78, 5) is 18.2. The van der Waals surface area contributed by atoms with Crippen molar-refractivity contribution in [1.29, 1.82) is 0 Å². The zero-order valence-electron chi connectivity index (χ0n) is 15.3. The van der Waals surface area contributed by atoms with Crippen LogP contribution in [0.2, 0.25) is 5.15 Å². The summed E-state index contributed by atoms with van der Waals surface area (Å²) >= 11 is 6.47. The Hall–Kier alpha value is -1.52. The molecule has 4 rings (SSSR count). The van der Waals surface area contributed by atoms with Crippen molar-refractivity contribution in [1.82, 2.24) is 15.2 Å². The van der Waals surface area contributed by atoms with Crippen LogP contribution in [0.5, 0.6) is 0 Å². The van der Waals surface area contributed by atoms with Gasteiger partial charge in [0.1, 0.15) is 5.15 Å². The number of benzene rings is 1. The average molecular weight is 360 g/mol. The molecule has 1 amide bonds. The topological polar surface area (TPSA) is 48.1 Å². The molecule has 0 spiro atoms. The van der Waals surface area contributed by atoms with Crippen molar-refractivity contribution in [3.63, 3.8) is 0 Å². The van der Waals surface area contributed by atoms with Crippen LogP contribution in [-0.2, 0) is 11.2 Å². The first-order chi connectivity index (χ1) is 11.8. The van der Waals surface area contributed by atoms with E-state index < -0.39 is 0 Å². The first-order valence-electron chi connectivity index (χ1n) is 9.06. The Kier molecular flexibility index (Phi) is 3.89. The second-order valence-corrected chi connectivity index (χ2v) is 9.04. The van der Waals surface area contributed by atoms with Gasteiger partial charge in [0, 0.05) is 40.9 Å². The molecule has 134 valence electrons. The van der Waals surface area contributed by atoms with Gasteiger partial charge in [0.2, 0.25) is 5.91 Å². The number of nitrogens with one attached hydrogen (secondary N) is 2. The van der Waals surface area contributed by atoms with Crippen molar-refractivity contribution in [3.05, 3.63) is 34.5 Å². The summed E-state index contributed by atoms with van der Waals surface area (Å²) in [6.07, 6.45) is 1.95. The number of aromatic amines is 1. The van der Waals surface area contributed by atoms with Crippen molar-refractivity contribution in [2.75, 3.05) is 13.6 Å². The molecular weight excluding hydrogens is 334 g/mol. The van der Waals surface area contributed by atoms with E-state index >= 15 is 0 Å². The van der Waals surface area contributed by atoms with Crippen LogP contribution in [0.15, 0.2) is 18.2 Å². The zero-order chi connectivity index (χ0) is 17.9. The Morgan fingerprint density at radius 2 is 2.12 bits per heavy atom. The predicted molar refractivity (Wildman–Crippen MR) is 102 cm³/mol. The molecule has 1 saturated heterocycles. The first kappa shape index (κ1) is 16.9. The average Bonchev–Trinajstić information content (AvgIpc) is 2.85. The summed E-state index contributed by atoms with van der Waals surface area (Å²) in [6, 6.07) is 7.06. The third-order valence-corrected chi connectivity index (χ3v) is 6.14. The van der Waals surface area contributed by atoms with Crippen molar-refractivity contribution < 1.29 is 4.79 Å². The van der Waals surface area contributed by atoms with Gasteiger partial charge in [0.15, 0.2) is 0 Å². The number of H-pyrrole nitrogens is 1. The predicted octanol–water partition coefficient (Wildman–Crippen LogP) is 3.70. The third-order valence-electron chi connectivity index (χ3n) is 5.81. The maximum Gasteiger partial charge on any atom is 0.225 e. The summed E-state index contributed by atoms with van der Waals surface area (Å²) in [6.45, 7) is 6.78. The van der Waals surface area contributed by atoms with Crippen LogP contribution in [-0.4, -0.2) is 41.5 Å². The maximum absolute atomic E-state index is 12.4. The second-order valence-electron chi connectivity index (χ2n) is 8.66. The summed E-state index contributed by atoms with van der Waals surface area (Å²) in [7, 11) is 2.17. The number of nitrogens with zero attached hydrogens (tertiary/aromatic N) is 1. The molecular formula is C20H26ClN3O. The highest BCUT2D eigenvalue weighted by Crippen LogP contribution is 2.45. The first-order valence-corrected chi connectivity index (χ1v) is 9.43. The molecule has 25 heavy (non-hydrogen) atoms. The molecule has 2 heterocycles. The normalized spacial score (nSPS) is 26.5. The molecule has 0 bridgehead atoms. The highest BCUT2D eigenvalue weighted by atomic mass is 35.5. The molecule has 1 unspecified atom stereocenters. The highest BCUT2D eigenvalue weighted by Gasteiger charge is 2.41. The van der Waals surface area contributed by atoms with E-state index in [1.165, 1.54) is 16.5 Å². The lowest BCUT2D eigenvalue weighted by Crippen LogP contribution is -2.56. The van der Waals surface area contributed by atoms with Crippen LogP contribution in [0.25, 0.3) is 10.9 Å². The summed E-state index contributed by atoms with van der Waals surface area (Å²) in [5.74, 6) is 0.552. The quantitative estimate of drug-likeness (QED) is 0.815. The zero-order valence-corrected chi connectivity index (χ0v) is 16.1. The van der Waals surface area contributed by atoms with Crippen molar-refractivity contribution >= 4 is 28.4 Å². The Morgan fingerprint density at radius 3 is 2.84 bits per heavy atom. The number of hydrogen-bond donors (Lipinski definition) is 2. The minimum absolute atomic E-state index is 0.128. The molecule has 1 aromatic carbocycles. The van der Waals surface area contributed by atoms with Gasteiger partial charge < -0.3 is 15.2 Å². The van der Waals surface area contributed by atoms with E-state index in [9.17, 15) is 4.79 Å². The van der Waals surface area contributed by atoms with Gasteiger partial charge in [0.25, 0.3) is 0 Å². The SMILES string of the molecule is CN1CC(NC(=O)C(C)(C)C)C[C@@H]2c3cccc4[nH]c(Cl)c(c34)C[C@H]21. The third kappa shape index (κ3) is 2.76. The second kappa shape index (κ2) is 5.75. The molecule has 2 aromatic rings. The number of fused-ring (bicyclic) bond motifs is 2. The molecule has 3 atom stereocenters. The Balaban J connectivity index is 1.68. The number of hydrogen-bond acceptors (Lipinski definition) is 2. The lowest BCUT2D eigenvalue weighted by Gasteiger charge is -2.46. The van der Waals surface area contributed by atoms with Crippen molar-refractivity contribution in [2.24, 2.45) is 5.41 Å². The van der Waals surface area contributed by atoms with Gasteiger partial charge in [0.05, 0.1) is 0 Å². The van der Waals surface area contributed by atoms with Crippen LogP contribution in [0.3, 0.4) is 0 Å². The van der Waals surface area contributed by atoms with E-state index in [1.807, 2.05) is 20.8 Å². The van der Waals surface area contributed by atoms with Gasteiger partial charge in [-0.25, -0.2) is 0 Å². The minimum Gasteiger partial charge on any atom is -0.352 e. The minimum atomic E-state index is -0.358. The van der Waals surface area contributed by atoms with E-state index in [4.69, 9.17) is 11.6 Å². The van der Waals surface area contributed by atoms with Crippen LogP contribution in [0.1, 0.15) is 44.2 Å². The number of likely N-dealkylation sites (N-methyl/N-ethyl adjacent to an activating group) is 1. The van der Waals surface area contributed by atoms with Gasteiger partial charge in [-0.15, -0.1) is 0 Å². The highest BCUT2D eigenvalue weighted by molar-refractivity contribution is 6.32. The van der Waals surface area contributed by atoms with Crippen LogP contribution >= 0.6 is 11.6 Å². The summed E-state index contributed by atoms with van der Waals surface area (Å²) in [5.41, 5.74) is 3.38. The lowest BCUT2D eigenvalue weighted by atomic mass is 9.74. The standard InChI is InChI=1S/C20H26ClN3O/c1-20(2,3)19(25)22-11-8-13-12-6-5-7-15-17(12)14(18(21)23-15)9-16(13)24(4)10-11/h5-7,11,13,16,23H,8-10H2,1-4H3,(H,22,25)/t11?,13-,16-/m1/s1. The van der Waals surface area contributed by atoms with E-state index in [0.717, 1.165) is 30.1 Å². The largest absolute Gasteiger partial charge is 0.352 e.